The average molecular weight is 467 g/mol. The van der Waals surface area contributed by atoms with Crippen LogP contribution in [0.2, 0.25) is 5.02 Å². The molecule has 0 aliphatic heterocycles. The summed E-state index contributed by atoms with van der Waals surface area (Å²) in [6, 6.07) is 11.4. The number of nitrogens with one attached hydrogen (secondary N) is 1. The fraction of sp³-hybridized carbons (Fsp3) is 0.250. The van der Waals surface area contributed by atoms with Crippen molar-refractivity contribution in [1.29, 1.82) is 0 Å². The number of hydrogen-bond acceptors (Lipinski definition) is 4. The van der Waals surface area contributed by atoms with Gasteiger partial charge < -0.3 is 10.2 Å². The van der Waals surface area contributed by atoms with Crippen molar-refractivity contribution in [2.24, 2.45) is 5.92 Å². The first-order chi connectivity index (χ1) is 15.8. The third-order valence-corrected chi connectivity index (χ3v) is 5.64. The zero-order valence-electron chi connectivity index (χ0n) is 18.5. The van der Waals surface area contributed by atoms with Crippen LogP contribution in [-0.4, -0.2) is 37.2 Å². The molecule has 0 aliphatic carbocycles. The average Bonchev–Trinajstić information content (AvgIpc) is 3.33. The number of nitrogens with zero attached hydrogens (tertiary/aromatic N) is 5. The second kappa shape index (κ2) is 9.54. The predicted octanol–water partition coefficient (Wildman–Crippen LogP) is 5.86. The van der Waals surface area contributed by atoms with Crippen LogP contribution in [0, 0.1) is 11.7 Å². The molecular formula is C24H24ClFN6O. The van der Waals surface area contributed by atoms with Crippen LogP contribution in [0.5, 0.6) is 0 Å². The van der Waals surface area contributed by atoms with Gasteiger partial charge in [0, 0.05) is 29.4 Å². The molecule has 9 heteroatoms. The van der Waals surface area contributed by atoms with E-state index in [2.05, 4.69) is 20.4 Å². The maximum absolute atomic E-state index is 13.5. The number of pyridine rings is 1. The van der Waals surface area contributed by atoms with Gasteiger partial charge in [0.05, 0.1) is 11.1 Å². The van der Waals surface area contributed by atoms with E-state index in [1.165, 1.54) is 24.5 Å². The monoisotopic (exact) mass is 466 g/mol. The number of carbonyl (C=O) groups is 1. The van der Waals surface area contributed by atoms with Gasteiger partial charge in [-0.1, -0.05) is 49.7 Å². The Morgan fingerprint density at radius 2 is 1.94 bits per heavy atom. The minimum atomic E-state index is -0.535. The molecule has 7 nitrogen and oxygen atoms in total. The zero-order valence-corrected chi connectivity index (χ0v) is 19.3. The van der Waals surface area contributed by atoms with E-state index in [0.29, 0.717) is 18.1 Å². The van der Waals surface area contributed by atoms with Gasteiger partial charge in [-0.2, -0.15) is 5.10 Å². The van der Waals surface area contributed by atoms with Crippen molar-refractivity contribution in [3.63, 3.8) is 0 Å². The number of anilines is 1. The van der Waals surface area contributed by atoms with Gasteiger partial charge in [0.2, 0.25) is 0 Å². The molecule has 1 atom stereocenters. The highest BCUT2D eigenvalue weighted by atomic mass is 35.5. The molecule has 2 aromatic heterocycles. The molecule has 4 aromatic rings. The highest BCUT2D eigenvalue weighted by Crippen LogP contribution is 2.31. The van der Waals surface area contributed by atoms with Crippen LogP contribution in [0.1, 0.15) is 32.4 Å². The van der Waals surface area contributed by atoms with Crippen molar-refractivity contribution < 1.29 is 9.18 Å². The molecule has 4 rings (SSSR count). The summed E-state index contributed by atoms with van der Waals surface area (Å²) < 4.78 is 15.1. The Morgan fingerprint density at radius 3 is 2.61 bits per heavy atom. The summed E-state index contributed by atoms with van der Waals surface area (Å²) in [5.41, 5.74) is 1.33. The molecule has 0 radical (unpaired) electrons. The minimum Gasteiger partial charge on any atom is -0.317 e. The summed E-state index contributed by atoms with van der Waals surface area (Å²) in [7, 11) is 0. The number of halogens is 2. The van der Waals surface area contributed by atoms with Crippen LogP contribution in [0.25, 0.3) is 16.6 Å². The molecule has 0 aliphatic rings. The molecular weight excluding hydrogens is 443 g/mol. The first kappa shape index (κ1) is 22.7. The molecule has 0 saturated heterocycles. The number of benzene rings is 2. The Morgan fingerprint density at radius 1 is 1.18 bits per heavy atom. The molecule has 2 amide bonds. The van der Waals surface area contributed by atoms with E-state index in [4.69, 9.17) is 11.6 Å². The van der Waals surface area contributed by atoms with E-state index in [-0.39, 0.29) is 23.0 Å². The van der Waals surface area contributed by atoms with Gasteiger partial charge in [-0.05, 0) is 36.4 Å². The molecule has 1 N–H and O–H groups in total. The largest absolute Gasteiger partial charge is 0.322 e. The maximum Gasteiger partial charge on any atom is 0.322 e. The molecule has 0 fully saturated rings. The Kier molecular flexibility index (Phi) is 6.55. The van der Waals surface area contributed by atoms with E-state index in [0.717, 1.165) is 16.3 Å². The van der Waals surface area contributed by atoms with Gasteiger partial charge in [-0.25, -0.2) is 23.8 Å². The first-order valence-electron chi connectivity index (χ1n) is 10.6. The zero-order chi connectivity index (χ0) is 23.5. The van der Waals surface area contributed by atoms with E-state index >= 15 is 0 Å². The number of urea groups is 1. The van der Waals surface area contributed by atoms with Crippen LogP contribution < -0.4 is 5.32 Å². The Bertz CT molecular complexity index is 1280. The fourth-order valence-corrected chi connectivity index (χ4v) is 3.96. The van der Waals surface area contributed by atoms with Gasteiger partial charge in [-0.15, -0.1) is 0 Å². The van der Waals surface area contributed by atoms with E-state index < -0.39 is 5.82 Å². The van der Waals surface area contributed by atoms with Crippen LogP contribution >= 0.6 is 11.6 Å². The van der Waals surface area contributed by atoms with Crippen LogP contribution in [0.15, 0.2) is 61.3 Å². The summed E-state index contributed by atoms with van der Waals surface area (Å²) in [6.45, 7) is 6.58. The van der Waals surface area contributed by atoms with Gasteiger partial charge in [0.1, 0.15) is 18.5 Å². The molecule has 0 saturated carbocycles. The van der Waals surface area contributed by atoms with Crippen LogP contribution in [0.3, 0.4) is 0 Å². The summed E-state index contributed by atoms with van der Waals surface area (Å²) in [5, 5.41) is 8.87. The van der Waals surface area contributed by atoms with E-state index in [1.807, 2.05) is 45.0 Å². The molecule has 0 unspecified atom stereocenters. The third-order valence-electron chi connectivity index (χ3n) is 5.35. The number of hydrogen-bond donors (Lipinski definition) is 1. The van der Waals surface area contributed by atoms with Crippen molar-refractivity contribution in [1.82, 2.24) is 24.6 Å². The standard InChI is InChI=1S/C24H24ClFN6O/c1-15(2)12-31(24(33)30-17-8-9-22(26)21(25)10-17)16(3)20-11-28-23(32-14-27-13-29-32)19-7-5-4-6-18(19)20/h4-11,13-16H,12H2,1-3H3,(H,30,33)/t16-/m1/s1. The van der Waals surface area contributed by atoms with Crippen molar-refractivity contribution in [3.8, 4) is 5.82 Å². The number of amides is 2. The van der Waals surface area contributed by atoms with Crippen LogP contribution in [0.4, 0.5) is 14.9 Å². The quantitative estimate of drug-likeness (QED) is 0.386. The lowest BCUT2D eigenvalue weighted by atomic mass is 10.00. The lowest BCUT2D eigenvalue weighted by Gasteiger charge is -2.32. The van der Waals surface area contributed by atoms with Gasteiger partial charge >= 0.3 is 6.03 Å². The normalized spacial score (nSPS) is 12.2. The van der Waals surface area contributed by atoms with Crippen LogP contribution in [-0.2, 0) is 0 Å². The second-order valence-electron chi connectivity index (χ2n) is 8.20. The summed E-state index contributed by atoms with van der Waals surface area (Å²) >= 11 is 5.88. The van der Waals surface area contributed by atoms with Crippen molar-refractivity contribution in [3.05, 3.63) is 77.7 Å². The lowest BCUT2D eigenvalue weighted by molar-refractivity contribution is 0.184. The van der Waals surface area contributed by atoms with Gasteiger partial charge in [-0.3, -0.25) is 0 Å². The first-order valence-corrected chi connectivity index (χ1v) is 11.0. The SMILES string of the molecule is CC(C)CN(C(=O)Nc1ccc(F)c(Cl)c1)[C@H](C)c1cnc(-n2cncn2)c2ccccc12. The second-order valence-corrected chi connectivity index (χ2v) is 8.61. The predicted molar refractivity (Wildman–Crippen MR) is 127 cm³/mol. The maximum atomic E-state index is 13.5. The summed E-state index contributed by atoms with van der Waals surface area (Å²) in [4.78, 5) is 23.7. The highest BCUT2D eigenvalue weighted by molar-refractivity contribution is 6.31. The van der Waals surface area contributed by atoms with Crippen molar-refractivity contribution in [2.75, 3.05) is 11.9 Å². The van der Waals surface area contributed by atoms with Gasteiger partial charge in [0.15, 0.2) is 5.82 Å². The van der Waals surface area contributed by atoms with Crippen molar-refractivity contribution >= 4 is 34.1 Å². The summed E-state index contributed by atoms with van der Waals surface area (Å²) in [5.74, 6) is 0.357. The smallest absolute Gasteiger partial charge is 0.317 e. The van der Waals surface area contributed by atoms with E-state index in [1.54, 1.807) is 22.1 Å². The lowest BCUT2D eigenvalue weighted by Crippen LogP contribution is -2.39. The van der Waals surface area contributed by atoms with E-state index in [9.17, 15) is 9.18 Å². The van der Waals surface area contributed by atoms with Crippen molar-refractivity contribution in [2.45, 2.75) is 26.8 Å². The molecule has 0 bridgehead atoms. The molecule has 2 aromatic carbocycles. The fourth-order valence-electron chi connectivity index (χ4n) is 3.78. The number of fused-ring (bicyclic) bond motifs is 1. The number of rotatable bonds is 6. The summed E-state index contributed by atoms with van der Waals surface area (Å²) in [6.07, 6.45) is 4.84. The highest BCUT2D eigenvalue weighted by Gasteiger charge is 2.25. The molecule has 2 heterocycles. The molecule has 0 spiro atoms. The van der Waals surface area contributed by atoms with Gasteiger partial charge in [0.25, 0.3) is 0 Å². The molecule has 170 valence electrons. The third kappa shape index (κ3) is 4.80. The number of aromatic nitrogens is 4. The Balaban J connectivity index is 1.71. The molecule has 33 heavy (non-hydrogen) atoms. The topological polar surface area (TPSA) is 75.9 Å². The Labute approximate surface area is 196 Å². The minimum absolute atomic E-state index is 0.0462. The number of carbonyl (C=O) groups excluding carboxylic acids is 1. The Hall–Kier alpha value is -3.52.